The number of nitrogens with one attached hydrogen (secondary N) is 1. The number of aromatic nitrogens is 1. The lowest BCUT2D eigenvalue weighted by Crippen LogP contribution is -2.37. The summed E-state index contributed by atoms with van der Waals surface area (Å²) >= 11 is 0. The van der Waals surface area contributed by atoms with Crippen LogP contribution < -0.4 is 11.3 Å². The van der Waals surface area contributed by atoms with Crippen molar-refractivity contribution in [1.82, 2.24) is 9.88 Å². The van der Waals surface area contributed by atoms with Crippen LogP contribution in [-0.4, -0.2) is 28.9 Å². The van der Waals surface area contributed by atoms with Gasteiger partial charge >= 0.3 is 0 Å². The quantitative estimate of drug-likeness (QED) is 0.627. The molecule has 1 atom stereocenters. The molecular weight excluding hydrogens is 235 g/mol. The van der Waals surface area contributed by atoms with Gasteiger partial charge < -0.3 is 10.3 Å². The lowest BCUT2D eigenvalue weighted by molar-refractivity contribution is 0.0722. The summed E-state index contributed by atoms with van der Waals surface area (Å²) < 4.78 is 13.9. The second-order valence-electron chi connectivity index (χ2n) is 4.66. The van der Waals surface area contributed by atoms with E-state index in [0.29, 0.717) is 5.92 Å². The number of hydrogen-bond donors (Lipinski definition) is 2. The van der Waals surface area contributed by atoms with Gasteiger partial charge in [-0.1, -0.05) is 0 Å². The fourth-order valence-corrected chi connectivity index (χ4v) is 1.98. The Morgan fingerprint density at radius 1 is 1.67 bits per heavy atom. The zero-order valence-electron chi connectivity index (χ0n) is 10.5. The smallest absolute Gasteiger partial charge is 0.257 e. The molecule has 1 aliphatic carbocycles. The molecule has 5 nitrogen and oxygen atoms in total. The van der Waals surface area contributed by atoms with Crippen molar-refractivity contribution >= 4 is 11.7 Å². The summed E-state index contributed by atoms with van der Waals surface area (Å²) in [6.45, 7) is 1.98. The van der Waals surface area contributed by atoms with Gasteiger partial charge in [0.1, 0.15) is 0 Å². The van der Waals surface area contributed by atoms with E-state index in [4.69, 9.17) is 5.84 Å². The Labute approximate surface area is 105 Å². The molecule has 1 heterocycles. The fourth-order valence-electron chi connectivity index (χ4n) is 1.98. The number of halogens is 1. The average molecular weight is 252 g/mol. The minimum atomic E-state index is -0.708. The Bertz CT molecular complexity index is 461. The fraction of sp³-hybridized carbons (Fsp3) is 0.500. The molecule has 1 amide bonds. The van der Waals surface area contributed by atoms with Crippen LogP contribution in [0, 0.1) is 11.7 Å². The number of rotatable bonds is 4. The van der Waals surface area contributed by atoms with Crippen LogP contribution in [0.25, 0.3) is 0 Å². The van der Waals surface area contributed by atoms with E-state index < -0.39 is 5.82 Å². The number of hydrazine groups is 1. The van der Waals surface area contributed by atoms with E-state index >= 15 is 0 Å². The minimum absolute atomic E-state index is 0.00653. The predicted octanol–water partition coefficient (Wildman–Crippen LogP) is 1.38. The van der Waals surface area contributed by atoms with Crippen LogP contribution in [0.4, 0.5) is 10.2 Å². The van der Waals surface area contributed by atoms with Crippen LogP contribution in [0.5, 0.6) is 0 Å². The summed E-state index contributed by atoms with van der Waals surface area (Å²) in [6, 6.07) is 1.49. The molecule has 3 N–H and O–H groups in total. The number of anilines is 1. The van der Waals surface area contributed by atoms with E-state index in [1.165, 1.54) is 12.3 Å². The van der Waals surface area contributed by atoms with E-state index in [2.05, 4.69) is 10.4 Å². The zero-order valence-corrected chi connectivity index (χ0v) is 10.5. The Hall–Kier alpha value is -1.69. The van der Waals surface area contributed by atoms with Gasteiger partial charge in [0.15, 0.2) is 11.6 Å². The summed E-state index contributed by atoms with van der Waals surface area (Å²) in [6.07, 6.45) is 3.63. The maximum absolute atomic E-state index is 13.9. The highest BCUT2D eigenvalue weighted by molar-refractivity contribution is 5.95. The first-order valence-corrected chi connectivity index (χ1v) is 5.94. The number of nitrogens with zero attached hydrogens (tertiary/aromatic N) is 2. The molecule has 0 radical (unpaired) electrons. The Morgan fingerprint density at radius 3 is 2.89 bits per heavy atom. The van der Waals surface area contributed by atoms with Crippen molar-refractivity contribution in [3.8, 4) is 0 Å². The summed E-state index contributed by atoms with van der Waals surface area (Å²) in [5, 5.41) is 0. The van der Waals surface area contributed by atoms with Gasteiger partial charge in [-0.2, -0.15) is 0 Å². The molecule has 98 valence electrons. The third-order valence-electron chi connectivity index (χ3n) is 3.49. The van der Waals surface area contributed by atoms with Crippen molar-refractivity contribution in [3.05, 3.63) is 23.6 Å². The van der Waals surface area contributed by atoms with E-state index in [9.17, 15) is 9.18 Å². The molecule has 0 aromatic carbocycles. The minimum Gasteiger partial charge on any atom is -0.339 e. The highest BCUT2D eigenvalue weighted by atomic mass is 19.1. The molecule has 1 aromatic heterocycles. The van der Waals surface area contributed by atoms with Crippen molar-refractivity contribution < 1.29 is 9.18 Å². The van der Waals surface area contributed by atoms with Gasteiger partial charge in [-0.05, 0) is 31.7 Å². The topological polar surface area (TPSA) is 71.2 Å². The molecule has 1 unspecified atom stereocenters. The van der Waals surface area contributed by atoms with Gasteiger partial charge in [0.05, 0.1) is 5.56 Å². The Kier molecular flexibility index (Phi) is 3.47. The molecule has 1 saturated carbocycles. The molecule has 0 bridgehead atoms. The number of pyridine rings is 1. The standard InChI is InChI=1S/C12H17FN4O/c1-7(8-3-4-8)17(2)12(18)9-5-6-15-11(16-14)10(9)13/h5-8H,3-4,14H2,1-2H3,(H,15,16). The normalized spacial score (nSPS) is 16.2. The Balaban J connectivity index is 2.22. The molecule has 1 aromatic rings. The Morgan fingerprint density at radius 2 is 2.33 bits per heavy atom. The highest BCUT2D eigenvalue weighted by Gasteiger charge is 2.33. The summed E-state index contributed by atoms with van der Waals surface area (Å²) in [5.74, 6) is 4.51. The van der Waals surface area contributed by atoms with Gasteiger partial charge in [0, 0.05) is 19.3 Å². The van der Waals surface area contributed by atoms with Crippen LogP contribution in [0.2, 0.25) is 0 Å². The average Bonchev–Trinajstić information content (AvgIpc) is 3.21. The van der Waals surface area contributed by atoms with Crippen LogP contribution in [0.15, 0.2) is 12.3 Å². The van der Waals surface area contributed by atoms with E-state index in [0.717, 1.165) is 12.8 Å². The lowest BCUT2D eigenvalue weighted by atomic mass is 10.1. The first-order chi connectivity index (χ1) is 8.56. The zero-order chi connectivity index (χ0) is 13.3. The molecule has 2 rings (SSSR count). The lowest BCUT2D eigenvalue weighted by Gasteiger charge is -2.25. The molecule has 1 aliphatic rings. The third kappa shape index (κ3) is 2.28. The summed E-state index contributed by atoms with van der Waals surface area (Å²) in [7, 11) is 1.70. The van der Waals surface area contributed by atoms with Crippen molar-refractivity contribution in [2.24, 2.45) is 11.8 Å². The van der Waals surface area contributed by atoms with Crippen molar-refractivity contribution in [2.75, 3.05) is 12.5 Å². The number of amides is 1. The number of nitrogen functional groups attached to an aromatic ring is 1. The van der Waals surface area contributed by atoms with Gasteiger partial charge in [-0.15, -0.1) is 0 Å². The van der Waals surface area contributed by atoms with Crippen molar-refractivity contribution in [3.63, 3.8) is 0 Å². The molecule has 0 aliphatic heterocycles. The SMILES string of the molecule is CC(C1CC1)N(C)C(=O)c1ccnc(NN)c1F. The third-order valence-corrected chi connectivity index (χ3v) is 3.49. The van der Waals surface area contributed by atoms with Gasteiger partial charge in [0.2, 0.25) is 0 Å². The number of nitrogens with two attached hydrogens (primary N) is 1. The van der Waals surface area contributed by atoms with Gasteiger partial charge in [0.25, 0.3) is 5.91 Å². The molecule has 18 heavy (non-hydrogen) atoms. The maximum atomic E-state index is 13.9. The van der Waals surface area contributed by atoms with Gasteiger partial charge in [-0.25, -0.2) is 15.2 Å². The van der Waals surface area contributed by atoms with Crippen LogP contribution >= 0.6 is 0 Å². The first kappa shape index (κ1) is 12.8. The van der Waals surface area contributed by atoms with Crippen LogP contribution in [0.1, 0.15) is 30.1 Å². The van der Waals surface area contributed by atoms with Crippen molar-refractivity contribution in [2.45, 2.75) is 25.8 Å². The molecular formula is C12H17FN4O. The van der Waals surface area contributed by atoms with E-state index in [-0.39, 0.29) is 23.3 Å². The second kappa shape index (κ2) is 4.89. The number of carbonyl (C=O) groups is 1. The monoisotopic (exact) mass is 252 g/mol. The largest absolute Gasteiger partial charge is 0.339 e. The van der Waals surface area contributed by atoms with E-state index in [1.54, 1.807) is 11.9 Å². The number of hydrogen-bond acceptors (Lipinski definition) is 4. The second-order valence-corrected chi connectivity index (χ2v) is 4.66. The summed E-state index contributed by atoms with van der Waals surface area (Å²) in [4.78, 5) is 17.5. The van der Waals surface area contributed by atoms with Crippen molar-refractivity contribution in [1.29, 1.82) is 0 Å². The van der Waals surface area contributed by atoms with Gasteiger partial charge in [-0.3, -0.25) is 4.79 Å². The summed E-state index contributed by atoms with van der Waals surface area (Å²) in [5.41, 5.74) is 2.13. The molecule has 6 heteroatoms. The van der Waals surface area contributed by atoms with Crippen LogP contribution in [0.3, 0.4) is 0 Å². The van der Waals surface area contributed by atoms with E-state index in [1.807, 2.05) is 6.92 Å². The highest BCUT2D eigenvalue weighted by Crippen LogP contribution is 2.35. The number of carbonyl (C=O) groups excluding carboxylic acids is 1. The molecule has 0 saturated heterocycles. The first-order valence-electron chi connectivity index (χ1n) is 5.94. The predicted molar refractivity (Wildman–Crippen MR) is 66.3 cm³/mol. The molecule has 1 fully saturated rings. The molecule has 0 spiro atoms. The maximum Gasteiger partial charge on any atom is 0.257 e. The van der Waals surface area contributed by atoms with Crippen LogP contribution in [-0.2, 0) is 0 Å².